The normalized spacial score (nSPS) is 13.4. The van der Waals surface area contributed by atoms with Crippen molar-refractivity contribution < 1.29 is 14.3 Å². The summed E-state index contributed by atoms with van der Waals surface area (Å²) in [6.45, 7) is 1.20. The number of hydrogen-bond donors (Lipinski definition) is 1. The Labute approximate surface area is 169 Å². The number of nitrogens with one attached hydrogen (secondary N) is 1. The number of benzene rings is 3. The predicted molar refractivity (Wildman–Crippen MR) is 113 cm³/mol. The van der Waals surface area contributed by atoms with Crippen molar-refractivity contribution in [3.8, 4) is 5.75 Å². The quantitative estimate of drug-likeness (QED) is 0.671. The van der Waals surface area contributed by atoms with Crippen molar-refractivity contribution in [2.45, 2.75) is 19.4 Å². The molecular weight excluding hydrogens is 364 g/mol. The largest absolute Gasteiger partial charge is 0.489 e. The van der Waals surface area contributed by atoms with Gasteiger partial charge in [0.05, 0.1) is 0 Å². The molecule has 3 aromatic rings. The molecule has 1 aliphatic heterocycles. The Balaban J connectivity index is 1.38. The summed E-state index contributed by atoms with van der Waals surface area (Å²) in [6.07, 6.45) is 1.45. The fourth-order valence-electron chi connectivity index (χ4n) is 3.32. The van der Waals surface area contributed by atoms with Gasteiger partial charge in [0.1, 0.15) is 12.4 Å². The molecule has 0 aliphatic carbocycles. The van der Waals surface area contributed by atoms with Crippen molar-refractivity contribution in [3.05, 3.63) is 90.0 Å². The lowest BCUT2D eigenvalue weighted by atomic mass is 10.2. The molecule has 0 unspecified atom stereocenters. The van der Waals surface area contributed by atoms with Crippen LogP contribution in [0.1, 0.15) is 28.8 Å². The first-order valence-corrected chi connectivity index (χ1v) is 9.68. The smallest absolute Gasteiger partial charge is 0.255 e. The first-order valence-electron chi connectivity index (χ1n) is 9.68. The van der Waals surface area contributed by atoms with E-state index in [0.29, 0.717) is 30.0 Å². The lowest BCUT2D eigenvalue weighted by Gasteiger charge is -2.16. The minimum Gasteiger partial charge on any atom is -0.489 e. The molecule has 0 bridgehead atoms. The summed E-state index contributed by atoms with van der Waals surface area (Å²) < 4.78 is 5.76. The summed E-state index contributed by atoms with van der Waals surface area (Å²) >= 11 is 0. The second-order valence-electron chi connectivity index (χ2n) is 6.95. The topological polar surface area (TPSA) is 58.6 Å². The molecule has 1 N–H and O–H groups in total. The van der Waals surface area contributed by atoms with Crippen LogP contribution >= 0.6 is 0 Å². The molecule has 0 aromatic heterocycles. The Hall–Kier alpha value is -3.60. The van der Waals surface area contributed by atoms with E-state index in [0.717, 1.165) is 24.2 Å². The van der Waals surface area contributed by atoms with Crippen LogP contribution in [0.15, 0.2) is 78.9 Å². The van der Waals surface area contributed by atoms with Crippen molar-refractivity contribution in [1.29, 1.82) is 0 Å². The zero-order valence-electron chi connectivity index (χ0n) is 16.0. The highest BCUT2D eigenvalue weighted by molar-refractivity contribution is 6.05. The van der Waals surface area contributed by atoms with Crippen LogP contribution < -0.4 is 15.0 Å². The molecule has 5 heteroatoms. The van der Waals surface area contributed by atoms with E-state index < -0.39 is 0 Å². The van der Waals surface area contributed by atoms with Crippen LogP contribution in [0.3, 0.4) is 0 Å². The van der Waals surface area contributed by atoms with Gasteiger partial charge in [-0.15, -0.1) is 0 Å². The zero-order valence-corrected chi connectivity index (χ0v) is 16.0. The van der Waals surface area contributed by atoms with E-state index in [4.69, 9.17) is 4.74 Å². The lowest BCUT2D eigenvalue weighted by molar-refractivity contribution is -0.117. The van der Waals surface area contributed by atoms with E-state index in [-0.39, 0.29) is 11.8 Å². The molecule has 0 atom stereocenters. The van der Waals surface area contributed by atoms with E-state index in [1.165, 1.54) is 0 Å². The van der Waals surface area contributed by atoms with Gasteiger partial charge < -0.3 is 15.0 Å². The van der Waals surface area contributed by atoms with E-state index >= 15 is 0 Å². The number of hydrogen-bond acceptors (Lipinski definition) is 3. The molecule has 1 heterocycles. The van der Waals surface area contributed by atoms with E-state index in [2.05, 4.69) is 5.32 Å². The highest BCUT2D eigenvalue weighted by atomic mass is 16.5. The van der Waals surface area contributed by atoms with Gasteiger partial charge in [-0.3, -0.25) is 9.59 Å². The van der Waals surface area contributed by atoms with Gasteiger partial charge in [0, 0.05) is 29.9 Å². The van der Waals surface area contributed by atoms with Gasteiger partial charge in [-0.05, 0) is 54.4 Å². The van der Waals surface area contributed by atoms with Crippen LogP contribution in [0.25, 0.3) is 0 Å². The first-order chi connectivity index (χ1) is 14.2. The Morgan fingerprint density at radius 1 is 0.966 bits per heavy atom. The average molecular weight is 386 g/mol. The van der Waals surface area contributed by atoms with Crippen LogP contribution in [-0.4, -0.2) is 18.4 Å². The minimum absolute atomic E-state index is 0.125. The standard InChI is InChI=1S/C24H22N2O3/c27-23-10-5-15-26(23)21-9-4-8-20(16-21)25-24(28)19-11-13-22(14-12-19)29-17-18-6-2-1-3-7-18/h1-4,6-9,11-14,16H,5,10,15,17H2,(H,25,28). The molecule has 4 rings (SSSR count). The molecule has 146 valence electrons. The first kappa shape index (κ1) is 18.7. The Bertz CT molecular complexity index is 1000. The predicted octanol–water partition coefficient (Wildman–Crippen LogP) is 4.64. The molecule has 0 spiro atoms. The number of carbonyl (C=O) groups is 2. The monoisotopic (exact) mass is 386 g/mol. The number of nitrogens with zero attached hydrogens (tertiary/aromatic N) is 1. The number of anilines is 2. The summed E-state index contributed by atoms with van der Waals surface area (Å²) in [5.41, 5.74) is 3.11. The van der Waals surface area contributed by atoms with E-state index in [1.54, 1.807) is 29.2 Å². The van der Waals surface area contributed by atoms with E-state index in [1.807, 2.05) is 54.6 Å². The third-order valence-corrected chi connectivity index (χ3v) is 4.85. The SMILES string of the molecule is O=C(Nc1cccc(N2CCCC2=O)c1)c1ccc(OCc2ccccc2)cc1. The number of rotatable bonds is 6. The maximum absolute atomic E-state index is 12.6. The third-order valence-electron chi connectivity index (χ3n) is 4.85. The van der Waals surface area contributed by atoms with Crippen molar-refractivity contribution in [1.82, 2.24) is 0 Å². The summed E-state index contributed by atoms with van der Waals surface area (Å²) in [7, 11) is 0. The summed E-state index contributed by atoms with van der Waals surface area (Å²) in [5, 5.41) is 2.90. The Morgan fingerprint density at radius 2 is 1.76 bits per heavy atom. The minimum atomic E-state index is -0.204. The van der Waals surface area contributed by atoms with Crippen molar-refractivity contribution in [2.24, 2.45) is 0 Å². The summed E-state index contributed by atoms with van der Waals surface area (Å²) in [4.78, 5) is 26.3. The van der Waals surface area contributed by atoms with Crippen LogP contribution in [0.4, 0.5) is 11.4 Å². The number of amides is 2. The van der Waals surface area contributed by atoms with Crippen LogP contribution in [-0.2, 0) is 11.4 Å². The van der Waals surface area contributed by atoms with Gasteiger partial charge in [-0.25, -0.2) is 0 Å². The average Bonchev–Trinajstić information content (AvgIpc) is 3.19. The molecular formula is C24H22N2O3. The van der Waals surface area contributed by atoms with E-state index in [9.17, 15) is 9.59 Å². The van der Waals surface area contributed by atoms with Gasteiger partial charge in [-0.2, -0.15) is 0 Å². The molecule has 0 saturated carbocycles. The molecule has 0 radical (unpaired) electrons. The van der Waals surface area contributed by atoms with Crippen LogP contribution in [0.5, 0.6) is 5.75 Å². The van der Waals surface area contributed by atoms with Crippen LogP contribution in [0, 0.1) is 0 Å². The molecule has 5 nitrogen and oxygen atoms in total. The second-order valence-corrected chi connectivity index (χ2v) is 6.95. The van der Waals surface area contributed by atoms with Crippen molar-refractivity contribution >= 4 is 23.2 Å². The van der Waals surface area contributed by atoms with Crippen LogP contribution in [0.2, 0.25) is 0 Å². The maximum Gasteiger partial charge on any atom is 0.255 e. The Kier molecular flexibility index (Phi) is 5.56. The number of carbonyl (C=O) groups excluding carboxylic acids is 2. The molecule has 2 amide bonds. The van der Waals surface area contributed by atoms with Crippen molar-refractivity contribution in [3.63, 3.8) is 0 Å². The highest BCUT2D eigenvalue weighted by Gasteiger charge is 2.21. The lowest BCUT2D eigenvalue weighted by Crippen LogP contribution is -2.23. The molecule has 1 saturated heterocycles. The zero-order chi connectivity index (χ0) is 20.1. The maximum atomic E-state index is 12.6. The third kappa shape index (κ3) is 4.63. The van der Waals surface area contributed by atoms with Crippen molar-refractivity contribution in [2.75, 3.05) is 16.8 Å². The molecule has 1 fully saturated rings. The van der Waals surface area contributed by atoms with Gasteiger partial charge in [0.25, 0.3) is 5.91 Å². The van der Waals surface area contributed by atoms with Gasteiger partial charge >= 0.3 is 0 Å². The number of ether oxygens (including phenoxy) is 1. The fourth-order valence-corrected chi connectivity index (χ4v) is 3.32. The molecule has 3 aromatic carbocycles. The Morgan fingerprint density at radius 3 is 2.48 bits per heavy atom. The highest BCUT2D eigenvalue weighted by Crippen LogP contribution is 2.24. The van der Waals surface area contributed by atoms with Gasteiger partial charge in [-0.1, -0.05) is 36.4 Å². The second kappa shape index (κ2) is 8.61. The van der Waals surface area contributed by atoms with Gasteiger partial charge in [0.15, 0.2) is 0 Å². The van der Waals surface area contributed by atoms with Gasteiger partial charge in [0.2, 0.25) is 5.91 Å². The summed E-state index contributed by atoms with van der Waals surface area (Å²) in [5.74, 6) is 0.629. The fraction of sp³-hybridized carbons (Fsp3) is 0.167. The molecule has 1 aliphatic rings. The summed E-state index contributed by atoms with van der Waals surface area (Å²) in [6, 6.07) is 24.4. The molecule has 29 heavy (non-hydrogen) atoms.